The van der Waals surface area contributed by atoms with Gasteiger partial charge in [-0.05, 0) is 97.0 Å². The number of hydrogen-bond donors (Lipinski definition) is 2. The Morgan fingerprint density at radius 1 is 0.714 bits per heavy atom. The van der Waals surface area contributed by atoms with Crippen molar-refractivity contribution >= 4 is 17.7 Å². The largest absolute Gasteiger partial charge is 0.494 e. The molecule has 3 aromatic carbocycles. The monoisotopic (exact) mass is 664 g/mol. The second kappa shape index (κ2) is 18.3. The van der Waals surface area contributed by atoms with Crippen LogP contribution in [0.1, 0.15) is 74.5 Å². The van der Waals surface area contributed by atoms with E-state index in [0.29, 0.717) is 31.0 Å². The minimum atomic E-state index is -0.863. The SMILES string of the molecule is O=C(O)CCCOc1cccc(CCCCCCOc2cc(C3=COC=C(C4=CC=CCC4)O3)cc(-c3ccccc3)c2)c1CCC(=O)O. The maximum Gasteiger partial charge on any atom is 0.303 e. The van der Waals surface area contributed by atoms with Gasteiger partial charge in [0.05, 0.1) is 13.2 Å². The molecule has 0 bridgehead atoms. The zero-order valence-electron chi connectivity index (χ0n) is 27.8. The Hall–Kier alpha value is -5.24. The van der Waals surface area contributed by atoms with Crippen LogP contribution in [0.15, 0.2) is 109 Å². The maximum atomic E-state index is 11.3. The molecular weight excluding hydrogens is 620 g/mol. The first-order valence-electron chi connectivity index (χ1n) is 17.1. The van der Waals surface area contributed by atoms with E-state index in [4.69, 9.17) is 24.1 Å². The topological polar surface area (TPSA) is 112 Å². The van der Waals surface area contributed by atoms with Crippen molar-refractivity contribution in [1.29, 1.82) is 0 Å². The standard InChI is InChI=1S/C41H44O8/c42-40(43)20-12-24-48-37-19-11-18-31(36(37)21-22-41(44)45)15-5-1-2-10-23-47-35-26-33(30-13-6-3-7-14-30)25-34(27-35)39-29-46-28-38(49-39)32-16-8-4-9-17-32/h3-4,6-8,11,13-14,16,18-19,25-29H,1-2,5,9-10,12,15,17,20-24H2,(H,42,43)(H,44,45). The molecule has 0 saturated carbocycles. The molecule has 8 heteroatoms. The van der Waals surface area contributed by atoms with E-state index in [9.17, 15) is 14.7 Å². The van der Waals surface area contributed by atoms with Gasteiger partial charge in [-0.15, -0.1) is 0 Å². The maximum absolute atomic E-state index is 11.3. The third-order valence-corrected chi connectivity index (χ3v) is 8.42. The first-order chi connectivity index (χ1) is 24.0. The van der Waals surface area contributed by atoms with Gasteiger partial charge in [-0.2, -0.15) is 0 Å². The van der Waals surface area contributed by atoms with Crippen LogP contribution in [-0.4, -0.2) is 35.4 Å². The molecule has 5 rings (SSSR count). The third-order valence-electron chi connectivity index (χ3n) is 8.42. The van der Waals surface area contributed by atoms with Crippen LogP contribution in [-0.2, 0) is 31.9 Å². The lowest BCUT2D eigenvalue weighted by atomic mass is 9.97. The highest BCUT2D eigenvalue weighted by atomic mass is 16.5. The average molecular weight is 665 g/mol. The van der Waals surface area contributed by atoms with E-state index in [1.54, 1.807) is 12.5 Å². The molecule has 0 unspecified atom stereocenters. The van der Waals surface area contributed by atoms with Crippen LogP contribution in [0.5, 0.6) is 11.5 Å². The number of aryl methyl sites for hydroxylation is 1. The van der Waals surface area contributed by atoms with Crippen LogP contribution in [0.2, 0.25) is 0 Å². The molecule has 3 aromatic rings. The molecule has 0 fully saturated rings. The van der Waals surface area contributed by atoms with Gasteiger partial charge >= 0.3 is 11.9 Å². The highest BCUT2D eigenvalue weighted by molar-refractivity contribution is 5.73. The molecule has 0 amide bonds. The number of carboxylic acids is 2. The molecular formula is C41H44O8. The van der Waals surface area contributed by atoms with Gasteiger partial charge in [-0.1, -0.05) is 73.5 Å². The molecule has 0 saturated heterocycles. The molecule has 0 atom stereocenters. The normalized spacial score (nSPS) is 13.8. The fraction of sp³-hybridized carbons (Fsp3) is 0.317. The molecule has 8 nitrogen and oxygen atoms in total. The second-order valence-corrected chi connectivity index (χ2v) is 12.1. The minimum absolute atomic E-state index is 0.0109. The number of hydrogen-bond acceptors (Lipinski definition) is 6. The van der Waals surface area contributed by atoms with E-state index in [1.165, 1.54) is 0 Å². The van der Waals surface area contributed by atoms with Crippen molar-refractivity contribution in [3.05, 3.63) is 126 Å². The molecule has 0 radical (unpaired) electrons. The lowest BCUT2D eigenvalue weighted by Gasteiger charge is -2.20. The van der Waals surface area contributed by atoms with Gasteiger partial charge in [0.25, 0.3) is 0 Å². The molecule has 0 spiro atoms. The molecule has 1 aliphatic carbocycles. The molecule has 256 valence electrons. The van der Waals surface area contributed by atoms with E-state index in [0.717, 1.165) is 89.8 Å². The van der Waals surface area contributed by atoms with Crippen molar-refractivity contribution in [2.24, 2.45) is 0 Å². The highest BCUT2D eigenvalue weighted by Crippen LogP contribution is 2.35. The summed E-state index contributed by atoms with van der Waals surface area (Å²) in [6.45, 7) is 0.847. The summed E-state index contributed by atoms with van der Waals surface area (Å²) in [4.78, 5) is 22.2. The number of carbonyl (C=O) groups is 2. The second-order valence-electron chi connectivity index (χ2n) is 12.1. The van der Waals surface area contributed by atoms with Gasteiger partial charge in [0.15, 0.2) is 11.5 Å². The quantitative estimate of drug-likeness (QED) is 0.122. The van der Waals surface area contributed by atoms with Crippen LogP contribution in [0.3, 0.4) is 0 Å². The summed E-state index contributed by atoms with van der Waals surface area (Å²) >= 11 is 0. The van der Waals surface area contributed by atoms with Gasteiger partial charge in [-0.3, -0.25) is 9.59 Å². The summed E-state index contributed by atoms with van der Waals surface area (Å²) in [6, 6.07) is 22.1. The van der Waals surface area contributed by atoms with E-state index < -0.39 is 11.9 Å². The van der Waals surface area contributed by atoms with Gasteiger partial charge in [-0.25, -0.2) is 0 Å². The summed E-state index contributed by atoms with van der Waals surface area (Å²) < 4.78 is 24.2. The van der Waals surface area contributed by atoms with Crippen molar-refractivity contribution in [1.82, 2.24) is 0 Å². The van der Waals surface area contributed by atoms with Gasteiger partial charge in [0, 0.05) is 18.4 Å². The third kappa shape index (κ3) is 10.9. The summed E-state index contributed by atoms with van der Waals surface area (Å²) in [6.07, 6.45) is 16.9. The Morgan fingerprint density at radius 3 is 2.29 bits per heavy atom. The summed E-state index contributed by atoms with van der Waals surface area (Å²) in [5, 5.41) is 18.2. The number of allylic oxidation sites excluding steroid dienone is 4. The fourth-order valence-electron chi connectivity index (χ4n) is 5.89. The number of benzene rings is 3. The number of carboxylic acid groups (broad SMARTS) is 2. The van der Waals surface area contributed by atoms with Gasteiger partial charge in [0.2, 0.25) is 0 Å². The van der Waals surface area contributed by atoms with E-state index >= 15 is 0 Å². The van der Waals surface area contributed by atoms with Crippen LogP contribution in [0.25, 0.3) is 16.9 Å². The zero-order chi connectivity index (χ0) is 34.3. The minimum Gasteiger partial charge on any atom is -0.494 e. The van der Waals surface area contributed by atoms with Gasteiger partial charge < -0.3 is 29.2 Å². The number of aliphatic carboxylic acids is 2. The van der Waals surface area contributed by atoms with Crippen molar-refractivity contribution in [2.75, 3.05) is 13.2 Å². The number of rotatable bonds is 19. The number of unbranched alkanes of at least 4 members (excludes halogenated alkanes) is 3. The van der Waals surface area contributed by atoms with Crippen molar-refractivity contribution < 1.29 is 38.7 Å². The average Bonchev–Trinajstić information content (AvgIpc) is 3.13. The first kappa shape index (κ1) is 35.1. The summed E-state index contributed by atoms with van der Waals surface area (Å²) in [7, 11) is 0. The molecule has 2 aliphatic rings. The Morgan fingerprint density at radius 2 is 1.49 bits per heavy atom. The zero-order valence-corrected chi connectivity index (χ0v) is 27.8. The van der Waals surface area contributed by atoms with Crippen molar-refractivity contribution in [2.45, 2.75) is 70.6 Å². The molecule has 1 aliphatic heterocycles. The molecule has 1 heterocycles. The van der Waals surface area contributed by atoms with E-state index in [2.05, 4.69) is 36.4 Å². The molecule has 2 N–H and O–H groups in total. The number of ether oxygens (including phenoxy) is 4. The van der Waals surface area contributed by atoms with Crippen molar-refractivity contribution in [3.63, 3.8) is 0 Å². The lowest BCUT2D eigenvalue weighted by molar-refractivity contribution is -0.138. The summed E-state index contributed by atoms with van der Waals surface area (Å²) in [5.74, 6) is 1.04. The van der Waals surface area contributed by atoms with Crippen LogP contribution in [0.4, 0.5) is 0 Å². The Kier molecular flexibility index (Phi) is 13.1. The molecule has 49 heavy (non-hydrogen) atoms. The molecule has 0 aromatic heterocycles. The van der Waals surface area contributed by atoms with Crippen LogP contribution in [0, 0.1) is 0 Å². The predicted molar refractivity (Wildman–Crippen MR) is 189 cm³/mol. The fourth-order valence-corrected chi connectivity index (χ4v) is 5.89. The predicted octanol–water partition coefficient (Wildman–Crippen LogP) is 9.26. The Bertz CT molecular complexity index is 1700. The van der Waals surface area contributed by atoms with E-state index in [-0.39, 0.29) is 19.4 Å². The highest BCUT2D eigenvalue weighted by Gasteiger charge is 2.18. The van der Waals surface area contributed by atoms with Crippen LogP contribution < -0.4 is 9.47 Å². The summed E-state index contributed by atoms with van der Waals surface area (Å²) in [5.41, 5.74) is 6.07. The van der Waals surface area contributed by atoms with Gasteiger partial charge in [0.1, 0.15) is 24.0 Å². The van der Waals surface area contributed by atoms with Crippen molar-refractivity contribution in [3.8, 4) is 22.6 Å². The smallest absolute Gasteiger partial charge is 0.303 e. The first-order valence-corrected chi connectivity index (χ1v) is 17.1. The Labute approximate surface area is 288 Å². The van der Waals surface area contributed by atoms with E-state index in [1.807, 2.05) is 48.5 Å². The van der Waals surface area contributed by atoms with Crippen LogP contribution >= 0.6 is 0 Å². The lowest BCUT2D eigenvalue weighted by Crippen LogP contribution is -2.07. The Balaban J connectivity index is 1.15.